The SMILES string of the molecule is C=CC(=O)NCC1(N2CCCCC2)CCN(C)CC1. The number of amides is 1. The molecule has 0 unspecified atom stereocenters. The van der Waals surface area contributed by atoms with Crippen molar-refractivity contribution < 1.29 is 4.79 Å². The molecule has 4 nitrogen and oxygen atoms in total. The molecule has 0 spiro atoms. The Bertz CT molecular complexity index is 315. The van der Waals surface area contributed by atoms with E-state index < -0.39 is 0 Å². The number of nitrogens with zero attached hydrogens (tertiary/aromatic N) is 2. The molecule has 0 atom stereocenters. The summed E-state index contributed by atoms with van der Waals surface area (Å²) in [5, 5.41) is 3.04. The topological polar surface area (TPSA) is 35.6 Å². The Kier molecular flexibility index (Phi) is 4.99. The minimum Gasteiger partial charge on any atom is -0.351 e. The summed E-state index contributed by atoms with van der Waals surface area (Å²) in [6.45, 7) is 8.93. The molecule has 2 aliphatic heterocycles. The highest BCUT2D eigenvalue weighted by Gasteiger charge is 2.39. The van der Waals surface area contributed by atoms with Crippen LogP contribution in [0.25, 0.3) is 0 Å². The third kappa shape index (κ3) is 3.57. The van der Waals surface area contributed by atoms with Crippen LogP contribution in [-0.2, 0) is 4.79 Å². The van der Waals surface area contributed by atoms with Gasteiger partial charge in [-0.2, -0.15) is 0 Å². The van der Waals surface area contributed by atoms with Gasteiger partial charge in [-0.25, -0.2) is 0 Å². The second kappa shape index (κ2) is 6.53. The van der Waals surface area contributed by atoms with Gasteiger partial charge in [0.2, 0.25) is 5.91 Å². The number of nitrogens with one attached hydrogen (secondary N) is 1. The van der Waals surface area contributed by atoms with Crippen molar-refractivity contribution in [3.63, 3.8) is 0 Å². The first-order valence-corrected chi connectivity index (χ1v) is 7.50. The van der Waals surface area contributed by atoms with E-state index in [9.17, 15) is 4.79 Å². The van der Waals surface area contributed by atoms with E-state index in [1.807, 2.05) is 0 Å². The van der Waals surface area contributed by atoms with Crippen LogP contribution in [0, 0.1) is 0 Å². The first-order chi connectivity index (χ1) is 9.16. The van der Waals surface area contributed by atoms with Gasteiger partial charge in [0.1, 0.15) is 0 Å². The van der Waals surface area contributed by atoms with Crippen molar-refractivity contribution in [2.75, 3.05) is 39.8 Å². The Morgan fingerprint density at radius 2 is 1.84 bits per heavy atom. The molecule has 0 bridgehead atoms. The molecular formula is C15H27N3O. The third-order valence-electron chi connectivity index (χ3n) is 4.72. The first-order valence-electron chi connectivity index (χ1n) is 7.50. The quantitative estimate of drug-likeness (QED) is 0.777. The Morgan fingerprint density at radius 1 is 1.21 bits per heavy atom. The average Bonchev–Trinajstić information content (AvgIpc) is 2.47. The molecule has 4 heteroatoms. The van der Waals surface area contributed by atoms with Gasteiger partial charge in [0.15, 0.2) is 0 Å². The highest BCUT2D eigenvalue weighted by molar-refractivity contribution is 5.86. The van der Waals surface area contributed by atoms with Crippen LogP contribution in [0.4, 0.5) is 0 Å². The highest BCUT2D eigenvalue weighted by Crippen LogP contribution is 2.30. The fourth-order valence-corrected chi connectivity index (χ4v) is 3.33. The van der Waals surface area contributed by atoms with Crippen molar-refractivity contribution in [1.29, 1.82) is 0 Å². The van der Waals surface area contributed by atoms with E-state index in [0.29, 0.717) is 0 Å². The van der Waals surface area contributed by atoms with Crippen molar-refractivity contribution in [2.24, 2.45) is 0 Å². The van der Waals surface area contributed by atoms with Crippen LogP contribution in [0.15, 0.2) is 12.7 Å². The van der Waals surface area contributed by atoms with E-state index in [0.717, 1.165) is 32.5 Å². The molecule has 0 aromatic rings. The molecule has 1 N–H and O–H groups in total. The smallest absolute Gasteiger partial charge is 0.243 e. The maximum atomic E-state index is 11.5. The summed E-state index contributed by atoms with van der Waals surface area (Å²) in [4.78, 5) is 16.5. The highest BCUT2D eigenvalue weighted by atomic mass is 16.1. The van der Waals surface area contributed by atoms with Crippen LogP contribution < -0.4 is 5.32 Å². The van der Waals surface area contributed by atoms with Gasteiger partial charge in [-0.05, 0) is 65.0 Å². The summed E-state index contributed by atoms with van der Waals surface area (Å²) in [7, 11) is 2.18. The third-order valence-corrected chi connectivity index (χ3v) is 4.72. The maximum absolute atomic E-state index is 11.5. The summed E-state index contributed by atoms with van der Waals surface area (Å²) < 4.78 is 0. The lowest BCUT2D eigenvalue weighted by atomic mass is 9.84. The number of carbonyl (C=O) groups is 1. The molecule has 108 valence electrons. The normalized spacial score (nSPS) is 24.9. The molecule has 19 heavy (non-hydrogen) atoms. The van der Waals surface area contributed by atoms with Gasteiger partial charge < -0.3 is 10.2 Å². The van der Waals surface area contributed by atoms with Gasteiger partial charge in [0, 0.05) is 12.1 Å². The minimum atomic E-state index is -0.0460. The predicted octanol–water partition coefficient (Wildman–Crippen LogP) is 1.24. The van der Waals surface area contributed by atoms with Crippen LogP contribution in [0.5, 0.6) is 0 Å². The summed E-state index contributed by atoms with van der Waals surface area (Å²) in [6, 6.07) is 0. The van der Waals surface area contributed by atoms with Crippen molar-refractivity contribution in [2.45, 2.75) is 37.6 Å². The number of hydrogen-bond acceptors (Lipinski definition) is 3. The van der Waals surface area contributed by atoms with Crippen LogP contribution in [0.1, 0.15) is 32.1 Å². The van der Waals surface area contributed by atoms with Crippen molar-refractivity contribution in [1.82, 2.24) is 15.1 Å². The van der Waals surface area contributed by atoms with E-state index in [4.69, 9.17) is 0 Å². The average molecular weight is 265 g/mol. The van der Waals surface area contributed by atoms with Crippen LogP contribution in [0.3, 0.4) is 0 Å². The lowest BCUT2D eigenvalue weighted by Crippen LogP contribution is -2.61. The molecule has 0 aliphatic carbocycles. The van der Waals surface area contributed by atoms with E-state index in [1.54, 1.807) is 0 Å². The molecule has 2 saturated heterocycles. The molecule has 0 saturated carbocycles. The molecule has 0 radical (unpaired) electrons. The first kappa shape index (κ1) is 14.5. The molecule has 1 amide bonds. The second-order valence-electron chi connectivity index (χ2n) is 6.00. The van der Waals surface area contributed by atoms with Gasteiger partial charge in [-0.3, -0.25) is 9.69 Å². The van der Waals surface area contributed by atoms with Gasteiger partial charge in [0.25, 0.3) is 0 Å². The lowest BCUT2D eigenvalue weighted by molar-refractivity contribution is -0.117. The summed E-state index contributed by atoms with van der Waals surface area (Å²) in [5.41, 5.74) is 0.172. The molecule has 2 aliphatic rings. The molecule has 2 fully saturated rings. The number of rotatable bonds is 4. The Balaban J connectivity index is 2.03. The van der Waals surface area contributed by atoms with Crippen LogP contribution >= 0.6 is 0 Å². The number of hydrogen-bond donors (Lipinski definition) is 1. The van der Waals surface area contributed by atoms with Gasteiger partial charge in [-0.15, -0.1) is 0 Å². The Hall–Kier alpha value is -0.870. The predicted molar refractivity (Wildman–Crippen MR) is 78.1 cm³/mol. The van der Waals surface area contributed by atoms with E-state index in [-0.39, 0.29) is 11.4 Å². The summed E-state index contributed by atoms with van der Waals surface area (Å²) in [6.07, 6.45) is 7.63. The zero-order chi connectivity index (χ0) is 13.7. The molecule has 0 aromatic heterocycles. The largest absolute Gasteiger partial charge is 0.351 e. The second-order valence-corrected chi connectivity index (χ2v) is 6.00. The van der Waals surface area contributed by atoms with Crippen molar-refractivity contribution in [3.8, 4) is 0 Å². The molecule has 0 aromatic carbocycles. The Morgan fingerprint density at radius 3 is 2.42 bits per heavy atom. The standard InChI is InChI=1S/C15H27N3O/c1-3-14(19)16-13-15(7-11-17(2)12-8-15)18-9-5-4-6-10-18/h3H,1,4-13H2,2H3,(H,16,19). The lowest BCUT2D eigenvalue weighted by Gasteiger charge is -2.50. The van der Waals surface area contributed by atoms with E-state index in [2.05, 4.69) is 28.7 Å². The summed E-state index contributed by atoms with van der Waals surface area (Å²) in [5.74, 6) is -0.0460. The zero-order valence-electron chi connectivity index (χ0n) is 12.2. The fourth-order valence-electron chi connectivity index (χ4n) is 3.33. The number of piperidine rings is 2. The monoisotopic (exact) mass is 265 g/mol. The molecular weight excluding hydrogens is 238 g/mol. The van der Waals surface area contributed by atoms with Crippen molar-refractivity contribution >= 4 is 5.91 Å². The van der Waals surface area contributed by atoms with E-state index in [1.165, 1.54) is 38.4 Å². The van der Waals surface area contributed by atoms with Gasteiger partial charge >= 0.3 is 0 Å². The van der Waals surface area contributed by atoms with Crippen LogP contribution in [0.2, 0.25) is 0 Å². The van der Waals surface area contributed by atoms with Crippen LogP contribution in [-0.4, -0.2) is 61.0 Å². The zero-order valence-corrected chi connectivity index (χ0v) is 12.2. The van der Waals surface area contributed by atoms with Gasteiger partial charge in [0.05, 0.1) is 0 Å². The summed E-state index contributed by atoms with van der Waals surface area (Å²) >= 11 is 0. The maximum Gasteiger partial charge on any atom is 0.243 e. The molecule has 2 heterocycles. The minimum absolute atomic E-state index is 0.0460. The number of likely N-dealkylation sites (tertiary alicyclic amines) is 2. The molecule has 2 rings (SSSR count). The number of carbonyl (C=O) groups excluding carboxylic acids is 1. The Labute approximate surface area is 116 Å². The van der Waals surface area contributed by atoms with Gasteiger partial charge in [-0.1, -0.05) is 13.0 Å². The van der Waals surface area contributed by atoms with Crippen molar-refractivity contribution in [3.05, 3.63) is 12.7 Å². The fraction of sp³-hybridized carbons (Fsp3) is 0.800. The van der Waals surface area contributed by atoms with E-state index >= 15 is 0 Å².